The van der Waals surface area contributed by atoms with Crippen molar-refractivity contribution in [3.05, 3.63) is 73.2 Å². The predicted octanol–water partition coefficient (Wildman–Crippen LogP) is 3.68. The van der Waals surface area contributed by atoms with E-state index in [1.54, 1.807) is 18.2 Å². The normalized spacial score (nSPS) is 10.3. The Morgan fingerprint density at radius 1 is 1.19 bits per heavy atom. The fourth-order valence-corrected chi connectivity index (χ4v) is 2.64. The highest BCUT2D eigenvalue weighted by molar-refractivity contribution is 6.35. The SMILES string of the molecule is Cc1cc(C(=O)NCC(=O)OCc2c(Cl)cccc2Cl)ccc1[N+](=O)[O-]. The van der Waals surface area contributed by atoms with Crippen molar-refractivity contribution in [1.82, 2.24) is 5.32 Å². The highest BCUT2D eigenvalue weighted by Gasteiger charge is 2.15. The number of amides is 1. The molecular weight excluding hydrogens is 383 g/mol. The van der Waals surface area contributed by atoms with Gasteiger partial charge >= 0.3 is 5.97 Å². The van der Waals surface area contributed by atoms with Crippen molar-refractivity contribution in [2.24, 2.45) is 0 Å². The van der Waals surface area contributed by atoms with Crippen LogP contribution >= 0.6 is 23.2 Å². The van der Waals surface area contributed by atoms with Gasteiger partial charge in [0.2, 0.25) is 0 Å². The lowest BCUT2D eigenvalue weighted by atomic mass is 10.1. The Kier molecular flexibility index (Phi) is 6.54. The van der Waals surface area contributed by atoms with Crippen LogP contribution in [0.2, 0.25) is 10.0 Å². The first kappa shape index (κ1) is 19.7. The molecule has 0 unspecified atom stereocenters. The van der Waals surface area contributed by atoms with Gasteiger partial charge in [0.05, 0.1) is 4.92 Å². The maximum absolute atomic E-state index is 12.0. The molecule has 0 radical (unpaired) electrons. The van der Waals surface area contributed by atoms with Crippen LogP contribution in [0.4, 0.5) is 5.69 Å². The molecule has 0 aliphatic carbocycles. The molecule has 2 rings (SSSR count). The van der Waals surface area contributed by atoms with Crippen LogP contribution in [-0.4, -0.2) is 23.3 Å². The second-order valence-electron chi connectivity index (χ2n) is 5.30. The molecule has 0 spiro atoms. The van der Waals surface area contributed by atoms with Crippen LogP contribution < -0.4 is 5.32 Å². The molecule has 0 aliphatic heterocycles. The van der Waals surface area contributed by atoms with Crippen LogP contribution in [-0.2, 0) is 16.1 Å². The molecule has 0 aromatic heterocycles. The van der Waals surface area contributed by atoms with Crippen molar-refractivity contribution in [3.8, 4) is 0 Å². The van der Waals surface area contributed by atoms with E-state index < -0.39 is 16.8 Å². The lowest BCUT2D eigenvalue weighted by Gasteiger charge is -2.09. The number of aryl methyl sites for hydroxylation is 1. The summed E-state index contributed by atoms with van der Waals surface area (Å²) < 4.78 is 5.04. The van der Waals surface area contributed by atoms with Crippen LogP contribution in [0, 0.1) is 17.0 Å². The highest BCUT2D eigenvalue weighted by Crippen LogP contribution is 2.24. The zero-order chi connectivity index (χ0) is 19.3. The fourth-order valence-electron chi connectivity index (χ4n) is 2.13. The smallest absolute Gasteiger partial charge is 0.325 e. The van der Waals surface area contributed by atoms with Gasteiger partial charge in [0.1, 0.15) is 13.2 Å². The van der Waals surface area contributed by atoms with Crippen molar-refractivity contribution in [3.63, 3.8) is 0 Å². The number of hydrogen-bond acceptors (Lipinski definition) is 5. The summed E-state index contributed by atoms with van der Waals surface area (Å²) in [6.45, 7) is 1.04. The second kappa shape index (κ2) is 8.64. The van der Waals surface area contributed by atoms with Crippen molar-refractivity contribution in [2.75, 3.05) is 6.54 Å². The van der Waals surface area contributed by atoms with Crippen LogP contribution in [0.25, 0.3) is 0 Å². The van der Waals surface area contributed by atoms with Crippen molar-refractivity contribution >= 4 is 40.8 Å². The monoisotopic (exact) mass is 396 g/mol. The summed E-state index contributed by atoms with van der Waals surface area (Å²) in [6.07, 6.45) is 0. The molecule has 7 nitrogen and oxygen atoms in total. The number of nitro groups is 1. The Balaban J connectivity index is 1.90. The lowest BCUT2D eigenvalue weighted by molar-refractivity contribution is -0.385. The van der Waals surface area contributed by atoms with Gasteiger partial charge in [0.15, 0.2) is 0 Å². The van der Waals surface area contributed by atoms with Gasteiger partial charge in [-0.15, -0.1) is 0 Å². The predicted molar refractivity (Wildman–Crippen MR) is 96.4 cm³/mol. The molecule has 2 aromatic rings. The third-order valence-corrected chi connectivity index (χ3v) is 4.20. The zero-order valence-electron chi connectivity index (χ0n) is 13.6. The van der Waals surface area contributed by atoms with E-state index in [9.17, 15) is 19.7 Å². The molecule has 136 valence electrons. The van der Waals surface area contributed by atoms with Gasteiger partial charge in [-0.3, -0.25) is 19.7 Å². The lowest BCUT2D eigenvalue weighted by Crippen LogP contribution is -2.30. The standard InChI is InChI=1S/C17H14Cl2N2O5/c1-10-7-11(5-6-15(10)21(24)25)17(23)20-8-16(22)26-9-12-13(18)3-2-4-14(12)19/h2-7H,8-9H2,1H3,(H,20,23). The molecule has 2 aromatic carbocycles. The van der Waals surface area contributed by atoms with E-state index in [-0.39, 0.29) is 24.4 Å². The molecule has 1 amide bonds. The average Bonchev–Trinajstić information content (AvgIpc) is 2.58. The zero-order valence-corrected chi connectivity index (χ0v) is 15.1. The number of nitrogens with one attached hydrogen (secondary N) is 1. The number of carbonyl (C=O) groups is 2. The van der Waals surface area contributed by atoms with Gasteiger partial charge in [0, 0.05) is 32.8 Å². The number of halogens is 2. The Bertz CT molecular complexity index is 850. The second-order valence-corrected chi connectivity index (χ2v) is 6.12. The van der Waals surface area contributed by atoms with Gasteiger partial charge in [-0.1, -0.05) is 29.3 Å². The molecular formula is C17H14Cl2N2O5. The largest absolute Gasteiger partial charge is 0.459 e. The summed E-state index contributed by atoms with van der Waals surface area (Å²) in [5, 5.41) is 13.9. The Labute approximate surface area is 159 Å². The molecule has 0 fully saturated rings. The first-order chi connectivity index (χ1) is 12.3. The van der Waals surface area contributed by atoms with E-state index in [4.69, 9.17) is 27.9 Å². The van der Waals surface area contributed by atoms with E-state index in [2.05, 4.69) is 5.32 Å². The Morgan fingerprint density at radius 3 is 2.42 bits per heavy atom. The van der Waals surface area contributed by atoms with Crippen LogP contribution in [0.5, 0.6) is 0 Å². The Morgan fingerprint density at radius 2 is 1.85 bits per heavy atom. The van der Waals surface area contributed by atoms with Crippen LogP contribution in [0.15, 0.2) is 36.4 Å². The first-order valence-electron chi connectivity index (χ1n) is 7.41. The van der Waals surface area contributed by atoms with E-state index in [1.807, 2.05) is 0 Å². The average molecular weight is 397 g/mol. The summed E-state index contributed by atoms with van der Waals surface area (Å²) in [6, 6.07) is 8.84. The molecule has 0 saturated carbocycles. The van der Waals surface area contributed by atoms with E-state index in [0.717, 1.165) is 0 Å². The van der Waals surface area contributed by atoms with Gasteiger partial charge in [-0.25, -0.2) is 0 Å². The van der Waals surface area contributed by atoms with Crippen LogP contribution in [0.1, 0.15) is 21.5 Å². The van der Waals surface area contributed by atoms with Crippen LogP contribution in [0.3, 0.4) is 0 Å². The Hall–Kier alpha value is -2.64. The first-order valence-corrected chi connectivity index (χ1v) is 8.17. The summed E-state index contributed by atoms with van der Waals surface area (Å²) in [5.74, 6) is -1.22. The molecule has 0 aliphatic rings. The topological polar surface area (TPSA) is 98.5 Å². The maximum atomic E-state index is 12.0. The summed E-state index contributed by atoms with van der Waals surface area (Å²) >= 11 is 12.0. The number of ether oxygens (including phenoxy) is 1. The molecule has 0 saturated heterocycles. The van der Waals surface area contributed by atoms with Gasteiger partial charge < -0.3 is 10.1 Å². The number of hydrogen-bond donors (Lipinski definition) is 1. The molecule has 0 heterocycles. The van der Waals surface area contributed by atoms with E-state index >= 15 is 0 Å². The minimum Gasteiger partial charge on any atom is -0.459 e. The van der Waals surface area contributed by atoms with Crippen molar-refractivity contribution in [1.29, 1.82) is 0 Å². The molecule has 0 bridgehead atoms. The minimum absolute atomic E-state index is 0.0856. The van der Waals surface area contributed by atoms with Gasteiger partial charge in [0.25, 0.3) is 11.6 Å². The number of esters is 1. The summed E-state index contributed by atoms with van der Waals surface area (Å²) in [7, 11) is 0. The summed E-state index contributed by atoms with van der Waals surface area (Å²) in [4.78, 5) is 34.1. The maximum Gasteiger partial charge on any atom is 0.325 e. The van der Waals surface area contributed by atoms with Gasteiger partial charge in [-0.05, 0) is 31.2 Å². The number of carbonyl (C=O) groups excluding carboxylic acids is 2. The number of nitro benzene ring substituents is 1. The highest BCUT2D eigenvalue weighted by atomic mass is 35.5. The van der Waals surface area contributed by atoms with E-state index in [1.165, 1.54) is 25.1 Å². The van der Waals surface area contributed by atoms with E-state index in [0.29, 0.717) is 21.2 Å². The van der Waals surface area contributed by atoms with Gasteiger partial charge in [-0.2, -0.15) is 0 Å². The number of rotatable bonds is 6. The molecule has 26 heavy (non-hydrogen) atoms. The molecule has 0 atom stereocenters. The van der Waals surface area contributed by atoms with Crippen molar-refractivity contribution in [2.45, 2.75) is 13.5 Å². The van der Waals surface area contributed by atoms with Crippen molar-refractivity contribution < 1.29 is 19.2 Å². The third kappa shape index (κ3) is 4.93. The quantitative estimate of drug-likeness (QED) is 0.456. The fraction of sp³-hybridized carbons (Fsp3) is 0.176. The molecule has 9 heteroatoms. The number of benzene rings is 2. The number of nitrogens with zero attached hydrogens (tertiary/aromatic N) is 1. The minimum atomic E-state index is -0.673. The third-order valence-electron chi connectivity index (χ3n) is 3.49. The molecule has 1 N–H and O–H groups in total. The summed E-state index contributed by atoms with van der Waals surface area (Å²) in [5.41, 5.74) is 0.938.